The van der Waals surface area contributed by atoms with Crippen molar-refractivity contribution in [3.05, 3.63) is 34.6 Å². The molecular formula is C11H13ClFNO. The third-order valence-electron chi connectivity index (χ3n) is 2.35. The quantitative estimate of drug-likeness (QED) is 0.807. The Morgan fingerprint density at radius 1 is 1.60 bits per heavy atom. The summed E-state index contributed by atoms with van der Waals surface area (Å²) in [6.07, 6.45) is 0.671. The van der Waals surface area contributed by atoms with E-state index in [2.05, 4.69) is 0 Å². The average molecular weight is 230 g/mol. The summed E-state index contributed by atoms with van der Waals surface area (Å²) >= 11 is 5.59. The SMILES string of the molecule is CCC(CN)C(=O)c1ccc(F)c(Cl)c1. The van der Waals surface area contributed by atoms with Crippen molar-refractivity contribution in [2.24, 2.45) is 11.7 Å². The molecule has 0 aromatic heterocycles. The maximum absolute atomic E-state index is 12.9. The zero-order valence-corrected chi connectivity index (χ0v) is 9.22. The Labute approximate surface area is 93.2 Å². The minimum atomic E-state index is -0.519. The molecule has 2 N–H and O–H groups in total. The molecule has 0 aliphatic carbocycles. The molecule has 1 aromatic rings. The predicted molar refractivity (Wildman–Crippen MR) is 58.6 cm³/mol. The molecule has 82 valence electrons. The number of ketones is 1. The number of benzene rings is 1. The Morgan fingerprint density at radius 2 is 2.27 bits per heavy atom. The molecule has 0 aliphatic heterocycles. The second-order valence-electron chi connectivity index (χ2n) is 3.33. The van der Waals surface area contributed by atoms with Gasteiger partial charge in [0.15, 0.2) is 5.78 Å². The smallest absolute Gasteiger partial charge is 0.167 e. The summed E-state index contributed by atoms with van der Waals surface area (Å²) in [5.41, 5.74) is 5.88. The first-order valence-corrected chi connectivity index (χ1v) is 5.17. The Bertz CT molecular complexity index is 364. The van der Waals surface area contributed by atoms with E-state index < -0.39 is 5.82 Å². The third-order valence-corrected chi connectivity index (χ3v) is 2.64. The molecule has 1 aromatic carbocycles. The standard InChI is InChI=1S/C11H13ClFNO/c1-2-7(6-14)11(15)8-3-4-10(13)9(12)5-8/h3-5,7H,2,6,14H2,1H3. The van der Waals surface area contributed by atoms with Gasteiger partial charge in [0, 0.05) is 18.0 Å². The van der Waals surface area contributed by atoms with Gasteiger partial charge in [-0.3, -0.25) is 4.79 Å². The van der Waals surface area contributed by atoms with Gasteiger partial charge in [-0.05, 0) is 24.6 Å². The maximum Gasteiger partial charge on any atom is 0.167 e. The lowest BCUT2D eigenvalue weighted by Gasteiger charge is -2.10. The van der Waals surface area contributed by atoms with Crippen molar-refractivity contribution >= 4 is 17.4 Å². The molecule has 15 heavy (non-hydrogen) atoms. The minimum absolute atomic E-state index is 0.0345. The molecule has 0 fully saturated rings. The summed E-state index contributed by atoms with van der Waals surface area (Å²) in [5, 5.41) is -0.0345. The van der Waals surface area contributed by atoms with E-state index in [0.29, 0.717) is 18.5 Å². The lowest BCUT2D eigenvalue weighted by Crippen LogP contribution is -2.23. The molecule has 0 amide bonds. The fourth-order valence-corrected chi connectivity index (χ4v) is 1.52. The number of hydrogen-bond acceptors (Lipinski definition) is 2. The highest BCUT2D eigenvalue weighted by atomic mass is 35.5. The molecule has 0 heterocycles. The van der Waals surface area contributed by atoms with Crippen molar-refractivity contribution in [3.8, 4) is 0 Å². The van der Waals surface area contributed by atoms with Crippen LogP contribution in [0.3, 0.4) is 0 Å². The number of halogens is 2. The Balaban J connectivity index is 2.96. The summed E-state index contributed by atoms with van der Waals surface area (Å²) < 4.78 is 12.9. The summed E-state index contributed by atoms with van der Waals surface area (Å²) in [5.74, 6) is -0.817. The van der Waals surface area contributed by atoms with E-state index in [0.717, 1.165) is 0 Å². The number of carbonyl (C=O) groups excluding carboxylic acids is 1. The molecule has 0 saturated heterocycles. The van der Waals surface area contributed by atoms with Crippen molar-refractivity contribution in [2.75, 3.05) is 6.54 Å². The van der Waals surface area contributed by atoms with Crippen LogP contribution in [0.4, 0.5) is 4.39 Å². The van der Waals surface area contributed by atoms with E-state index in [9.17, 15) is 9.18 Å². The maximum atomic E-state index is 12.9. The van der Waals surface area contributed by atoms with Gasteiger partial charge in [0.05, 0.1) is 5.02 Å². The normalized spacial score (nSPS) is 12.5. The molecule has 0 radical (unpaired) electrons. The lowest BCUT2D eigenvalue weighted by atomic mass is 9.95. The van der Waals surface area contributed by atoms with E-state index in [-0.39, 0.29) is 16.7 Å². The zero-order valence-electron chi connectivity index (χ0n) is 8.47. The van der Waals surface area contributed by atoms with Gasteiger partial charge in [-0.25, -0.2) is 4.39 Å². The number of carbonyl (C=O) groups is 1. The van der Waals surface area contributed by atoms with Crippen molar-refractivity contribution in [2.45, 2.75) is 13.3 Å². The highest BCUT2D eigenvalue weighted by Crippen LogP contribution is 2.19. The van der Waals surface area contributed by atoms with Gasteiger partial charge in [-0.1, -0.05) is 18.5 Å². The van der Waals surface area contributed by atoms with Crippen LogP contribution in [0.2, 0.25) is 5.02 Å². The van der Waals surface area contributed by atoms with Crippen molar-refractivity contribution in [1.82, 2.24) is 0 Å². The number of rotatable bonds is 4. The highest BCUT2D eigenvalue weighted by Gasteiger charge is 2.17. The molecule has 4 heteroatoms. The van der Waals surface area contributed by atoms with Gasteiger partial charge in [0.1, 0.15) is 5.82 Å². The summed E-state index contributed by atoms with van der Waals surface area (Å²) in [4.78, 5) is 11.8. The molecule has 1 unspecified atom stereocenters. The first-order chi connectivity index (χ1) is 7.10. The summed E-state index contributed by atoms with van der Waals surface area (Å²) in [6.45, 7) is 2.19. The second-order valence-corrected chi connectivity index (χ2v) is 3.74. The molecule has 0 saturated carbocycles. The van der Waals surface area contributed by atoms with Crippen LogP contribution in [-0.2, 0) is 0 Å². The van der Waals surface area contributed by atoms with Gasteiger partial charge in [-0.2, -0.15) is 0 Å². The monoisotopic (exact) mass is 229 g/mol. The first kappa shape index (κ1) is 12.1. The summed E-state index contributed by atoms with van der Waals surface area (Å²) in [6, 6.07) is 3.97. The van der Waals surface area contributed by atoms with Crippen molar-refractivity contribution in [3.63, 3.8) is 0 Å². The minimum Gasteiger partial charge on any atom is -0.330 e. The number of Topliss-reactive ketones (excluding diaryl/α,β-unsaturated/α-hetero) is 1. The van der Waals surface area contributed by atoms with Crippen LogP contribution in [0.15, 0.2) is 18.2 Å². The Morgan fingerprint density at radius 3 is 2.73 bits per heavy atom. The van der Waals surface area contributed by atoms with Gasteiger partial charge < -0.3 is 5.73 Å². The van der Waals surface area contributed by atoms with Gasteiger partial charge >= 0.3 is 0 Å². The molecule has 0 aliphatic rings. The molecule has 1 rings (SSSR count). The van der Waals surface area contributed by atoms with Crippen LogP contribution in [0, 0.1) is 11.7 Å². The largest absolute Gasteiger partial charge is 0.330 e. The van der Waals surface area contributed by atoms with Crippen LogP contribution in [0.25, 0.3) is 0 Å². The van der Waals surface area contributed by atoms with Gasteiger partial charge in [0.25, 0.3) is 0 Å². The highest BCUT2D eigenvalue weighted by molar-refractivity contribution is 6.31. The van der Waals surface area contributed by atoms with E-state index >= 15 is 0 Å². The third kappa shape index (κ3) is 2.76. The fourth-order valence-electron chi connectivity index (χ4n) is 1.34. The Kier molecular flexibility index (Phi) is 4.24. The second kappa shape index (κ2) is 5.24. The van der Waals surface area contributed by atoms with Crippen LogP contribution < -0.4 is 5.73 Å². The molecule has 0 bridgehead atoms. The van der Waals surface area contributed by atoms with E-state index in [1.807, 2.05) is 6.92 Å². The summed E-state index contributed by atoms with van der Waals surface area (Å²) in [7, 11) is 0. The van der Waals surface area contributed by atoms with Crippen LogP contribution in [0.1, 0.15) is 23.7 Å². The van der Waals surface area contributed by atoms with Crippen molar-refractivity contribution in [1.29, 1.82) is 0 Å². The van der Waals surface area contributed by atoms with E-state index in [1.54, 1.807) is 0 Å². The topological polar surface area (TPSA) is 43.1 Å². The van der Waals surface area contributed by atoms with Crippen LogP contribution >= 0.6 is 11.6 Å². The lowest BCUT2D eigenvalue weighted by molar-refractivity contribution is 0.0921. The molecular weight excluding hydrogens is 217 g/mol. The molecule has 2 nitrogen and oxygen atoms in total. The predicted octanol–water partition coefficient (Wildman–Crippen LogP) is 2.65. The first-order valence-electron chi connectivity index (χ1n) is 4.79. The van der Waals surface area contributed by atoms with Crippen LogP contribution in [0.5, 0.6) is 0 Å². The molecule has 0 spiro atoms. The van der Waals surface area contributed by atoms with Gasteiger partial charge in [-0.15, -0.1) is 0 Å². The fraction of sp³-hybridized carbons (Fsp3) is 0.364. The average Bonchev–Trinajstić information content (AvgIpc) is 2.23. The Hall–Kier alpha value is -0.930. The van der Waals surface area contributed by atoms with E-state index in [1.165, 1.54) is 18.2 Å². The zero-order chi connectivity index (χ0) is 11.4. The van der Waals surface area contributed by atoms with Crippen LogP contribution in [-0.4, -0.2) is 12.3 Å². The molecule has 1 atom stereocenters. The number of nitrogens with two attached hydrogens (primary N) is 1. The number of hydrogen-bond donors (Lipinski definition) is 1. The van der Waals surface area contributed by atoms with E-state index in [4.69, 9.17) is 17.3 Å². The van der Waals surface area contributed by atoms with Crippen molar-refractivity contribution < 1.29 is 9.18 Å². The van der Waals surface area contributed by atoms with Gasteiger partial charge in [0.2, 0.25) is 0 Å².